The molecular weight excluding hydrogens is 469 g/mol. The van der Waals surface area contributed by atoms with Gasteiger partial charge >= 0.3 is 5.97 Å². The molecule has 2 saturated carbocycles. The minimum atomic E-state index is -0.764. The fraction of sp³-hybridized carbons (Fsp3) is 0.682. The largest absolute Gasteiger partial charge is 0.484 e. The second kappa shape index (κ2) is 5.85. The fourth-order valence-corrected chi connectivity index (χ4v) is 7.72. The van der Waals surface area contributed by atoms with Gasteiger partial charge in [-0.05, 0) is 62.6 Å². The topological polar surface area (TPSA) is 59.0 Å². The lowest BCUT2D eigenvalue weighted by Crippen LogP contribution is -2.76. The number of likely N-dealkylation sites (tertiary alicyclic amines) is 1. The highest BCUT2D eigenvalue weighted by atomic mass is 127. The summed E-state index contributed by atoms with van der Waals surface area (Å²) in [6.07, 6.45) is 6.17. The van der Waals surface area contributed by atoms with Crippen molar-refractivity contribution in [3.8, 4) is 11.5 Å². The van der Waals surface area contributed by atoms with Crippen molar-refractivity contribution in [2.24, 2.45) is 5.92 Å². The van der Waals surface area contributed by atoms with Crippen LogP contribution in [0, 0.1) is 5.92 Å². The molecule has 6 heteroatoms. The van der Waals surface area contributed by atoms with E-state index in [-0.39, 0.29) is 23.5 Å². The standard InChI is InChI=1S/C22H26INO4/c1-12(25)27-16-5-4-14-10-17-22(26)7-6-15(23)20-21(22,18(14)19(16)28-20)8-9-24(17)11-13-2-3-13/h4-5,13,15,17,20,26H,2-3,6-11H2,1H3/t15-,17+,20-,21-,22+/m0/s1. The number of rotatable bonds is 3. The lowest BCUT2D eigenvalue weighted by molar-refractivity contribution is -0.182. The Morgan fingerprint density at radius 3 is 2.93 bits per heavy atom. The molecule has 5 aliphatic rings. The molecule has 1 spiro atoms. The van der Waals surface area contributed by atoms with Crippen LogP contribution in [-0.2, 0) is 16.6 Å². The number of esters is 1. The summed E-state index contributed by atoms with van der Waals surface area (Å²) in [5.41, 5.74) is 1.28. The molecule has 3 fully saturated rings. The van der Waals surface area contributed by atoms with E-state index >= 15 is 0 Å². The van der Waals surface area contributed by atoms with Gasteiger partial charge in [-0.25, -0.2) is 0 Å². The minimum absolute atomic E-state index is 0.0526. The van der Waals surface area contributed by atoms with E-state index in [1.807, 2.05) is 6.07 Å². The summed E-state index contributed by atoms with van der Waals surface area (Å²) < 4.78 is 12.4. The Morgan fingerprint density at radius 1 is 1.36 bits per heavy atom. The number of piperidine rings is 1. The number of halogens is 1. The van der Waals surface area contributed by atoms with Crippen LogP contribution in [0.2, 0.25) is 0 Å². The van der Waals surface area contributed by atoms with E-state index in [9.17, 15) is 9.90 Å². The lowest BCUT2D eigenvalue weighted by Gasteiger charge is -2.63. The first-order chi connectivity index (χ1) is 13.4. The predicted octanol–water partition coefficient (Wildman–Crippen LogP) is 2.98. The third kappa shape index (κ3) is 2.17. The van der Waals surface area contributed by atoms with E-state index in [2.05, 4.69) is 33.6 Å². The van der Waals surface area contributed by atoms with Gasteiger partial charge in [-0.2, -0.15) is 0 Å². The summed E-state index contributed by atoms with van der Waals surface area (Å²) in [4.78, 5) is 14.2. The molecule has 0 aromatic heterocycles. The zero-order valence-electron chi connectivity index (χ0n) is 16.1. The maximum absolute atomic E-state index is 12.3. The summed E-state index contributed by atoms with van der Waals surface area (Å²) >= 11 is 2.50. The van der Waals surface area contributed by atoms with E-state index in [1.165, 1.54) is 25.3 Å². The van der Waals surface area contributed by atoms with Gasteiger partial charge in [-0.15, -0.1) is 0 Å². The van der Waals surface area contributed by atoms with E-state index in [4.69, 9.17) is 9.47 Å². The van der Waals surface area contributed by atoms with E-state index in [0.29, 0.717) is 15.4 Å². The minimum Gasteiger partial charge on any atom is -0.484 e. The third-order valence-corrected chi connectivity index (χ3v) is 9.20. The van der Waals surface area contributed by atoms with Crippen LogP contribution in [0.1, 0.15) is 50.2 Å². The van der Waals surface area contributed by atoms with Crippen molar-refractivity contribution in [2.75, 3.05) is 13.1 Å². The van der Waals surface area contributed by atoms with Crippen molar-refractivity contribution in [1.29, 1.82) is 0 Å². The maximum Gasteiger partial charge on any atom is 0.308 e. The van der Waals surface area contributed by atoms with Gasteiger partial charge in [0.1, 0.15) is 6.10 Å². The molecule has 2 bridgehead atoms. The Hall–Kier alpha value is -0.860. The van der Waals surface area contributed by atoms with Crippen LogP contribution in [0.3, 0.4) is 0 Å². The van der Waals surface area contributed by atoms with Gasteiger partial charge in [-0.3, -0.25) is 9.69 Å². The second-order valence-electron chi connectivity index (χ2n) is 9.42. The Bertz CT molecular complexity index is 870. The van der Waals surface area contributed by atoms with Gasteiger partial charge in [0, 0.05) is 29.0 Å². The van der Waals surface area contributed by atoms with Gasteiger partial charge in [0.15, 0.2) is 11.5 Å². The number of ether oxygens (including phenoxy) is 2. The lowest BCUT2D eigenvalue weighted by atomic mass is 9.49. The molecule has 3 aliphatic carbocycles. The molecule has 2 aliphatic heterocycles. The first-order valence-electron chi connectivity index (χ1n) is 10.6. The van der Waals surface area contributed by atoms with E-state index < -0.39 is 5.60 Å². The summed E-state index contributed by atoms with van der Waals surface area (Å²) in [6, 6.07) is 4.15. The fourth-order valence-electron chi connectivity index (χ4n) is 6.65. The average Bonchev–Trinajstić information content (AvgIpc) is 3.38. The zero-order valence-corrected chi connectivity index (χ0v) is 18.3. The average molecular weight is 495 g/mol. The highest BCUT2D eigenvalue weighted by Gasteiger charge is 2.72. The number of carbonyl (C=O) groups is 1. The van der Waals surface area contributed by atoms with Gasteiger partial charge in [0.05, 0.1) is 11.0 Å². The molecular formula is C22H26INO4. The molecule has 1 saturated heterocycles. The number of hydrogen-bond acceptors (Lipinski definition) is 5. The first kappa shape index (κ1) is 18.0. The van der Waals surface area contributed by atoms with Crippen molar-refractivity contribution < 1.29 is 19.4 Å². The third-order valence-electron chi connectivity index (χ3n) is 7.93. The quantitative estimate of drug-likeness (QED) is 0.303. The Labute approximate surface area is 178 Å². The molecule has 5 atom stereocenters. The van der Waals surface area contributed by atoms with Crippen molar-refractivity contribution in [1.82, 2.24) is 4.90 Å². The SMILES string of the molecule is CC(=O)Oc1ccc2c3c1O[C@H]1[C@@H](I)CC[C@@]4(O)[C@@H](C2)N(CC2CC2)CC[C@]314. The summed E-state index contributed by atoms with van der Waals surface area (Å²) in [6.45, 7) is 3.57. The summed E-state index contributed by atoms with van der Waals surface area (Å²) in [7, 11) is 0. The van der Waals surface area contributed by atoms with Crippen LogP contribution in [0.15, 0.2) is 12.1 Å². The van der Waals surface area contributed by atoms with Gasteiger partial charge in [0.2, 0.25) is 0 Å². The molecule has 5 nitrogen and oxygen atoms in total. The van der Waals surface area contributed by atoms with Crippen molar-refractivity contribution in [3.05, 3.63) is 23.3 Å². The second-order valence-corrected chi connectivity index (χ2v) is 11.0. The molecule has 1 aromatic rings. The first-order valence-corrected chi connectivity index (χ1v) is 11.8. The smallest absolute Gasteiger partial charge is 0.308 e. The molecule has 0 amide bonds. The zero-order chi connectivity index (χ0) is 19.3. The summed E-state index contributed by atoms with van der Waals surface area (Å²) in [5.74, 6) is 1.72. The van der Waals surface area contributed by atoms with Crippen LogP contribution in [-0.4, -0.2) is 50.7 Å². The number of aliphatic hydroxyl groups is 1. The molecule has 1 N–H and O–H groups in total. The van der Waals surface area contributed by atoms with Crippen LogP contribution in [0.25, 0.3) is 0 Å². The van der Waals surface area contributed by atoms with Crippen LogP contribution in [0.4, 0.5) is 0 Å². The molecule has 6 rings (SSSR count). The molecule has 150 valence electrons. The van der Waals surface area contributed by atoms with Gasteiger partial charge < -0.3 is 14.6 Å². The molecule has 0 radical (unpaired) electrons. The molecule has 2 heterocycles. The highest BCUT2D eigenvalue weighted by Crippen LogP contribution is 2.66. The van der Waals surface area contributed by atoms with Crippen LogP contribution in [0.5, 0.6) is 11.5 Å². The number of benzene rings is 1. The van der Waals surface area contributed by atoms with Gasteiger partial charge in [0.25, 0.3) is 0 Å². The number of hydrogen-bond donors (Lipinski definition) is 1. The number of alkyl halides is 1. The predicted molar refractivity (Wildman–Crippen MR) is 112 cm³/mol. The van der Waals surface area contributed by atoms with E-state index in [1.54, 1.807) is 0 Å². The number of nitrogens with zero attached hydrogens (tertiary/aromatic N) is 1. The molecule has 1 aromatic carbocycles. The van der Waals surface area contributed by atoms with Gasteiger partial charge in [-0.1, -0.05) is 28.7 Å². The molecule has 0 unspecified atom stereocenters. The highest BCUT2D eigenvalue weighted by molar-refractivity contribution is 14.1. The Balaban J connectivity index is 1.53. The van der Waals surface area contributed by atoms with Crippen molar-refractivity contribution in [2.45, 2.75) is 72.5 Å². The normalized spacial score (nSPS) is 40.6. The summed E-state index contributed by atoms with van der Waals surface area (Å²) in [5, 5.41) is 12.3. The Kier molecular flexibility index (Phi) is 3.75. The Morgan fingerprint density at radius 2 is 2.18 bits per heavy atom. The van der Waals surface area contributed by atoms with E-state index in [0.717, 1.165) is 50.3 Å². The monoisotopic (exact) mass is 495 g/mol. The van der Waals surface area contributed by atoms with Crippen LogP contribution < -0.4 is 9.47 Å². The van der Waals surface area contributed by atoms with Crippen molar-refractivity contribution in [3.63, 3.8) is 0 Å². The number of carbonyl (C=O) groups excluding carboxylic acids is 1. The van der Waals surface area contributed by atoms with Crippen LogP contribution >= 0.6 is 22.6 Å². The maximum atomic E-state index is 12.3. The molecule has 28 heavy (non-hydrogen) atoms. The van der Waals surface area contributed by atoms with Crippen molar-refractivity contribution >= 4 is 28.6 Å².